The summed E-state index contributed by atoms with van der Waals surface area (Å²) in [6.45, 7) is 6.21. The number of amides is 2. The molecule has 3 rings (SSSR count). The fraction of sp³-hybridized carbons (Fsp3) is 0.556. The standard InChI is InChI=1S/C27H37N3O4S2/c1-17(2)5-12-25(33)29-22(15-35-4)27(34)30-14-21(31)13-23(30)24(32)11-8-19-6-9-20(10-7-19)26-18(3)28-16-36-26/h6-7,9-10,16-17,21-23,31H,5,8,11-15H2,1-4H3,(H,29,33)/t21-,22+,23+/m1/s1. The highest BCUT2D eigenvalue weighted by Gasteiger charge is 2.40. The number of ketones is 1. The van der Waals surface area contributed by atoms with Gasteiger partial charge in [-0.25, -0.2) is 4.98 Å². The second kappa shape index (κ2) is 13.4. The molecular formula is C27H37N3O4S2. The molecule has 196 valence electrons. The van der Waals surface area contributed by atoms with Gasteiger partial charge in [-0.3, -0.25) is 14.4 Å². The third-order valence-corrected chi connectivity index (χ3v) is 8.12. The Bertz CT molecular complexity index is 1040. The van der Waals surface area contributed by atoms with Gasteiger partial charge in [-0.05, 0) is 43.1 Å². The van der Waals surface area contributed by atoms with Gasteiger partial charge >= 0.3 is 0 Å². The quantitative estimate of drug-likeness (QED) is 0.431. The van der Waals surface area contributed by atoms with Crippen LogP contribution in [0.2, 0.25) is 0 Å². The lowest BCUT2D eigenvalue weighted by molar-refractivity contribution is -0.140. The molecule has 0 saturated carbocycles. The summed E-state index contributed by atoms with van der Waals surface area (Å²) in [7, 11) is 0. The van der Waals surface area contributed by atoms with Crippen LogP contribution in [0.3, 0.4) is 0 Å². The highest BCUT2D eigenvalue weighted by Crippen LogP contribution is 2.28. The second-order valence-electron chi connectivity index (χ2n) is 9.83. The van der Waals surface area contributed by atoms with Gasteiger partial charge in [0.25, 0.3) is 0 Å². The molecule has 1 saturated heterocycles. The molecule has 2 N–H and O–H groups in total. The van der Waals surface area contributed by atoms with E-state index in [1.165, 1.54) is 16.7 Å². The van der Waals surface area contributed by atoms with Crippen LogP contribution in [-0.4, -0.2) is 69.3 Å². The Morgan fingerprint density at radius 2 is 1.94 bits per heavy atom. The summed E-state index contributed by atoms with van der Waals surface area (Å²) >= 11 is 3.07. The maximum atomic E-state index is 13.4. The zero-order chi connectivity index (χ0) is 26.2. The normalized spacial score (nSPS) is 18.4. The maximum absolute atomic E-state index is 13.4. The summed E-state index contributed by atoms with van der Waals surface area (Å²) in [4.78, 5) is 45.8. The number of likely N-dealkylation sites (tertiary alicyclic amines) is 1. The monoisotopic (exact) mass is 531 g/mol. The number of Topliss-reactive ketones (excluding diaryl/α,β-unsaturated/α-hetero) is 1. The molecule has 1 aromatic heterocycles. The van der Waals surface area contributed by atoms with Crippen molar-refractivity contribution >= 4 is 40.7 Å². The van der Waals surface area contributed by atoms with Gasteiger partial charge in [-0.1, -0.05) is 38.1 Å². The Kier molecular flexibility index (Phi) is 10.5. The van der Waals surface area contributed by atoms with Crippen molar-refractivity contribution in [2.75, 3.05) is 18.6 Å². The van der Waals surface area contributed by atoms with E-state index < -0.39 is 18.2 Å². The summed E-state index contributed by atoms with van der Waals surface area (Å²) < 4.78 is 0. The number of aryl methyl sites for hydroxylation is 2. The number of carbonyl (C=O) groups excluding carboxylic acids is 3. The van der Waals surface area contributed by atoms with Gasteiger partial charge in [0.05, 0.1) is 28.2 Å². The Labute approximate surface area is 222 Å². The van der Waals surface area contributed by atoms with Crippen molar-refractivity contribution in [2.24, 2.45) is 5.92 Å². The first kappa shape index (κ1) is 28.3. The molecule has 1 fully saturated rings. The molecule has 7 nitrogen and oxygen atoms in total. The van der Waals surface area contributed by atoms with E-state index in [0.29, 0.717) is 24.5 Å². The molecular weight excluding hydrogens is 494 g/mol. The smallest absolute Gasteiger partial charge is 0.246 e. The van der Waals surface area contributed by atoms with Crippen LogP contribution in [0.15, 0.2) is 29.8 Å². The van der Waals surface area contributed by atoms with Crippen molar-refractivity contribution in [2.45, 2.75) is 71.1 Å². The number of aliphatic hydroxyl groups is 1. The summed E-state index contributed by atoms with van der Waals surface area (Å²) in [5.41, 5.74) is 4.99. The third kappa shape index (κ3) is 7.63. The van der Waals surface area contributed by atoms with Crippen molar-refractivity contribution in [3.8, 4) is 10.4 Å². The molecule has 3 atom stereocenters. The zero-order valence-corrected chi connectivity index (χ0v) is 23.2. The number of carbonyl (C=O) groups is 3. The minimum absolute atomic E-state index is 0.0590. The molecule has 0 bridgehead atoms. The number of rotatable bonds is 12. The van der Waals surface area contributed by atoms with E-state index in [0.717, 1.165) is 28.1 Å². The van der Waals surface area contributed by atoms with Gasteiger partial charge in [0.2, 0.25) is 11.8 Å². The Morgan fingerprint density at radius 1 is 1.22 bits per heavy atom. The molecule has 1 aromatic carbocycles. The summed E-state index contributed by atoms with van der Waals surface area (Å²) in [5, 5.41) is 13.1. The van der Waals surface area contributed by atoms with Crippen LogP contribution < -0.4 is 5.32 Å². The lowest BCUT2D eigenvalue weighted by Crippen LogP contribution is -2.53. The van der Waals surface area contributed by atoms with E-state index in [-0.39, 0.29) is 37.0 Å². The highest BCUT2D eigenvalue weighted by molar-refractivity contribution is 7.98. The second-order valence-corrected chi connectivity index (χ2v) is 11.6. The first-order chi connectivity index (χ1) is 17.2. The molecule has 0 unspecified atom stereocenters. The van der Waals surface area contributed by atoms with E-state index >= 15 is 0 Å². The minimum atomic E-state index is -0.739. The molecule has 0 aliphatic carbocycles. The van der Waals surface area contributed by atoms with Gasteiger partial charge < -0.3 is 15.3 Å². The summed E-state index contributed by atoms with van der Waals surface area (Å²) in [6, 6.07) is 6.77. The Morgan fingerprint density at radius 3 is 2.56 bits per heavy atom. The first-order valence-corrected chi connectivity index (χ1v) is 14.8. The lowest BCUT2D eigenvalue weighted by Gasteiger charge is -2.28. The van der Waals surface area contributed by atoms with Crippen LogP contribution in [0.1, 0.15) is 50.8 Å². The van der Waals surface area contributed by atoms with Gasteiger partial charge in [0, 0.05) is 31.6 Å². The fourth-order valence-corrected chi connectivity index (χ4v) is 5.80. The Hall–Kier alpha value is -2.23. The van der Waals surface area contributed by atoms with Crippen LogP contribution in [0.25, 0.3) is 10.4 Å². The topological polar surface area (TPSA) is 99.6 Å². The van der Waals surface area contributed by atoms with Gasteiger partial charge in [0.1, 0.15) is 6.04 Å². The molecule has 2 aromatic rings. The van der Waals surface area contributed by atoms with Crippen LogP contribution >= 0.6 is 23.1 Å². The SMILES string of the molecule is CSC[C@H](NC(=O)CCC(C)C)C(=O)N1C[C@H](O)C[C@H]1C(=O)CCc1ccc(-c2scnc2C)cc1. The van der Waals surface area contributed by atoms with E-state index in [2.05, 4.69) is 24.1 Å². The molecule has 9 heteroatoms. The van der Waals surface area contributed by atoms with Crippen LogP contribution in [0, 0.1) is 12.8 Å². The summed E-state index contributed by atoms with van der Waals surface area (Å²) in [5.74, 6) is 0.313. The van der Waals surface area contributed by atoms with E-state index in [1.54, 1.807) is 11.3 Å². The zero-order valence-electron chi connectivity index (χ0n) is 21.5. The van der Waals surface area contributed by atoms with Gasteiger partial charge in [-0.15, -0.1) is 11.3 Å². The number of β-amino-alcohol motifs (C(OH)–C–C–N with tert-alkyl or cyclic N) is 1. The highest BCUT2D eigenvalue weighted by atomic mass is 32.2. The van der Waals surface area contributed by atoms with Crippen molar-refractivity contribution in [3.05, 3.63) is 41.0 Å². The number of nitrogens with one attached hydrogen (secondary N) is 1. The van der Waals surface area contributed by atoms with Crippen molar-refractivity contribution < 1.29 is 19.5 Å². The predicted molar refractivity (Wildman–Crippen MR) is 146 cm³/mol. The minimum Gasteiger partial charge on any atom is -0.391 e. The van der Waals surface area contributed by atoms with Crippen LogP contribution in [0.4, 0.5) is 0 Å². The fourth-order valence-electron chi connectivity index (χ4n) is 4.43. The number of thioether (sulfide) groups is 1. The van der Waals surface area contributed by atoms with E-state index in [4.69, 9.17) is 0 Å². The molecule has 1 aliphatic heterocycles. The Balaban J connectivity index is 1.61. The number of thiazole rings is 1. The molecule has 36 heavy (non-hydrogen) atoms. The largest absolute Gasteiger partial charge is 0.391 e. The third-order valence-electron chi connectivity index (χ3n) is 6.47. The first-order valence-electron chi connectivity index (χ1n) is 12.5. The molecule has 2 amide bonds. The average Bonchev–Trinajstić information content (AvgIpc) is 3.46. The lowest BCUT2D eigenvalue weighted by atomic mass is 10.00. The molecule has 0 spiro atoms. The number of aliphatic hydroxyl groups excluding tert-OH is 1. The average molecular weight is 532 g/mol. The number of aromatic nitrogens is 1. The molecule has 0 radical (unpaired) electrons. The van der Waals surface area contributed by atoms with Crippen LogP contribution in [0.5, 0.6) is 0 Å². The maximum Gasteiger partial charge on any atom is 0.246 e. The summed E-state index contributed by atoms with van der Waals surface area (Å²) in [6.07, 6.45) is 3.34. The number of nitrogens with zero attached hydrogens (tertiary/aromatic N) is 2. The molecule has 2 heterocycles. The van der Waals surface area contributed by atoms with Crippen molar-refractivity contribution in [1.82, 2.24) is 15.2 Å². The van der Waals surface area contributed by atoms with Crippen LogP contribution in [-0.2, 0) is 20.8 Å². The predicted octanol–water partition coefficient (Wildman–Crippen LogP) is 3.87. The van der Waals surface area contributed by atoms with E-state index in [1.807, 2.05) is 43.0 Å². The van der Waals surface area contributed by atoms with Crippen molar-refractivity contribution in [3.63, 3.8) is 0 Å². The number of hydrogen-bond acceptors (Lipinski definition) is 7. The van der Waals surface area contributed by atoms with Gasteiger partial charge in [0.15, 0.2) is 5.78 Å². The van der Waals surface area contributed by atoms with Gasteiger partial charge in [-0.2, -0.15) is 11.8 Å². The van der Waals surface area contributed by atoms with Crippen molar-refractivity contribution in [1.29, 1.82) is 0 Å². The van der Waals surface area contributed by atoms with E-state index in [9.17, 15) is 19.5 Å². The molecule has 1 aliphatic rings. The number of benzene rings is 1. The number of hydrogen-bond donors (Lipinski definition) is 2.